The summed E-state index contributed by atoms with van der Waals surface area (Å²) in [5.74, 6) is 0.587. The highest BCUT2D eigenvalue weighted by Gasteiger charge is 2.46. The van der Waals surface area contributed by atoms with Crippen molar-refractivity contribution in [1.29, 1.82) is 0 Å². The van der Waals surface area contributed by atoms with E-state index in [1.807, 2.05) is 14.0 Å². The normalized spacial score (nSPS) is 21.4. The first kappa shape index (κ1) is 16.8. The Morgan fingerprint density at radius 2 is 2.08 bits per heavy atom. The van der Waals surface area contributed by atoms with Crippen molar-refractivity contribution < 1.29 is 18.7 Å². The zero-order valence-corrected chi connectivity index (χ0v) is 14.3. The Kier molecular flexibility index (Phi) is 4.80. The molecule has 3 rings (SSSR count). The fourth-order valence-corrected chi connectivity index (χ4v) is 3.57. The van der Waals surface area contributed by atoms with Gasteiger partial charge in [-0.05, 0) is 39.3 Å². The summed E-state index contributed by atoms with van der Waals surface area (Å²) in [6.07, 6.45) is 2.24. The number of likely N-dealkylation sites (N-methyl/N-ethyl adjacent to an activating group) is 1. The first-order chi connectivity index (χ1) is 11.6. The van der Waals surface area contributed by atoms with Crippen LogP contribution >= 0.6 is 0 Å². The molecule has 0 saturated carbocycles. The summed E-state index contributed by atoms with van der Waals surface area (Å²) >= 11 is 0. The van der Waals surface area contributed by atoms with Gasteiger partial charge in [-0.15, -0.1) is 0 Å². The van der Waals surface area contributed by atoms with Gasteiger partial charge in [0.25, 0.3) is 11.9 Å². The molecule has 2 aliphatic rings. The Bertz CT molecular complexity index is 605. The Morgan fingerprint density at radius 1 is 1.33 bits per heavy atom. The third-order valence-corrected chi connectivity index (χ3v) is 5.07. The van der Waals surface area contributed by atoms with E-state index >= 15 is 0 Å². The molecule has 24 heavy (non-hydrogen) atoms. The summed E-state index contributed by atoms with van der Waals surface area (Å²) in [5.41, 5.74) is -0.493. The molecular formula is C17H25N3O4. The van der Waals surface area contributed by atoms with Crippen LogP contribution in [0.1, 0.15) is 36.7 Å². The van der Waals surface area contributed by atoms with Crippen molar-refractivity contribution in [2.45, 2.75) is 31.7 Å². The van der Waals surface area contributed by atoms with Gasteiger partial charge in [-0.2, -0.15) is 0 Å². The van der Waals surface area contributed by atoms with Gasteiger partial charge in [0, 0.05) is 32.2 Å². The molecule has 1 spiro atoms. The van der Waals surface area contributed by atoms with E-state index in [2.05, 4.69) is 10.2 Å². The minimum atomic E-state index is -0.493. The van der Waals surface area contributed by atoms with Crippen LogP contribution in [-0.2, 0) is 4.79 Å². The van der Waals surface area contributed by atoms with E-state index < -0.39 is 5.54 Å². The molecule has 1 aromatic heterocycles. The fraction of sp³-hybridized carbons (Fsp3) is 0.647. The van der Waals surface area contributed by atoms with Gasteiger partial charge in [0.2, 0.25) is 5.91 Å². The summed E-state index contributed by atoms with van der Waals surface area (Å²) in [6, 6.07) is 3.30. The van der Waals surface area contributed by atoms with Crippen LogP contribution in [0, 0.1) is 0 Å². The fourth-order valence-electron chi connectivity index (χ4n) is 3.57. The second-order valence-electron chi connectivity index (χ2n) is 6.41. The number of piperidine rings is 1. The van der Waals surface area contributed by atoms with E-state index in [0.717, 1.165) is 19.5 Å². The Balaban J connectivity index is 1.67. The van der Waals surface area contributed by atoms with Gasteiger partial charge in [0.05, 0.1) is 6.61 Å². The predicted octanol–water partition coefficient (Wildman–Crippen LogP) is 1.10. The number of rotatable bonds is 3. The number of furan rings is 1. The smallest absolute Gasteiger partial charge is 0.289 e. The zero-order chi connectivity index (χ0) is 17.2. The number of amides is 2. The summed E-state index contributed by atoms with van der Waals surface area (Å²) in [5, 5.41) is 3.01. The maximum Gasteiger partial charge on any atom is 0.289 e. The van der Waals surface area contributed by atoms with E-state index in [0.29, 0.717) is 38.5 Å². The molecule has 0 radical (unpaired) electrons. The molecule has 2 fully saturated rings. The van der Waals surface area contributed by atoms with Crippen molar-refractivity contribution >= 4 is 11.8 Å². The van der Waals surface area contributed by atoms with E-state index in [-0.39, 0.29) is 17.6 Å². The third-order valence-electron chi connectivity index (χ3n) is 5.07. The van der Waals surface area contributed by atoms with Gasteiger partial charge in [0.1, 0.15) is 5.54 Å². The number of likely N-dealkylation sites (tertiary alicyclic amines) is 1. The number of hydrogen-bond donors (Lipinski definition) is 1. The number of nitrogens with one attached hydrogen (secondary N) is 1. The summed E-state index contributed by atoms with van der Waals surface area (Å²) in [4.78, 5) is 29.0. The van der Waals surface area contributed by atoms with Crippen LogP contribution in [0.25, 0.3) is 0 Å². The summed E-state index contributed by atoms with van der Waals surface area (Å²) in [7, 11) is 2.00. The van der Waals surface area contributed by atoms with E-state index in [9.17, 15) is 9.59 Å². The average molecular weight is 335 g/mol. The average Bonchev–Trinajstić information content (AvgIpc) is 3.01. The second kappa shape index (κ2) is 6.84. The van der Waals surface area contributed by atoms with E-state index in [1.54, 1.807) is 17.0 Å². The molecule has 2 aliphatic heterocycles. The lowest BCUT2D eigenvalue weighted by Crippen LogP contribution is -2.61. The van der Waals surface area contributed by atoms with Crippen LogP contribution in [0.3, 0.4) is 0 Å². The van der Waals surface area contributed by atoms with Crippen LogP contribution in [0.4, 0.5) is 0 Å². The van der Waals surface area contributed by atoms with Gasteiger partial charge in [-0.1, -0.05) is 0 Å². The van der Waals surface area contributed by atoms with Crippen molar-refractivity contribution in [3.63, 3.8) is 0 Å². The lowest BCUT2D eigenvalue weighted by molar-refractivity contribution is -0.134. The largest absolute Gasteiger partial charge is 0.465 e. The molecular weight excluding hydrogens is 310 g/mol. The number of carbonyl (C=O) groups is 2. The molecule has 0 aliphatic carbocycles. The van der Waals surface area contributed by atoms with Crippen LogP contribution in [0.15, 0.2) is 16.5 Å². The Labute approximate surface area is 141 Å². The molecule has 132 valence electrons. The highest BCUT2D eigenvalue weighted by atomic mass is 16.6. The standard InChI is InChI=1S/C17H25N3O4/c1-3-23-14-6-5-13(24-14)15(21)20-11-7-17(8-12-20)16(22)18-9-4-10-19(17)2/h5-6H,3-4,7-12H2,1-2H3,(H,18,22). The maximum absolute atomic E-state index is 12.6. The highest BCUT2D eigenvalue weighted by molar-refractivity contribution is 5.92. The molecule has 0 aromatic carbocycles. The van der Waals surface area contributed by atoms with Crippen LogP contribution < -0.4 is 10.1 Å². The van der Waals surface area contributed by atoms with Crippen molar-refractivity contribution in [3.05, 3.63) is 17.9 Å². The van der Waals surface area contributed by atoms with Gasteiger partial charge < -0.3 is 19.4 Å². The zero-order valence-electron chi connectivity index (χ0n) is 14.3. The van der Waals surface area contributed by atoms with Crippen molar-refractivity contribution in [3.8, 4) is 5.95 Å². The first-order valence-electron chi connectivity index (χ1n) is 8.58. The molecule has 0 unspecified atom stereocenters. The molecule has 0 atom stereocenters. The molecule has 1 aromatic rings. The monoisotopic (exact) mass is 335 g/mol. The van der Waals surface area contributed by atoms with Crippen molar-refractivity contribution in [2.75, 3.05) is 39.8 Å². The van der Waals surface area contributed by atoms with Crippen LogP contribution in [-0.4, -0.2) is 67.0 Å². The summed E-state index contributed by atoms with van der Waals surface area (Å²) in [6.45, 7) is 5.06. The minimum Gasteiger partial charge on any atom is -0.465 e. The van der Waals surface area contributed by atoms with Crippen molar-refractivity contribution in [2.24, 2.45) is 0 Å². The lowest BCUT2D eigenvalue weighted by Gasteiger charge is -2.44. The van der Waals surface area contributed by atoms with Gasteiger partial charge >= 0.3 is 0 Å². The van der Waals surface area contributed by atoms with Gasteiger partial charge in [0.15, 0.2) is 5.76 Å². The molecule has 1 N–H and O–H groups in total. The third kappa shape index (κ3) is 3.00. The lowest BCUT2D eigenvalue weighted by atomic mass is 9.85. The first-order valence-corrected chi connectivity index (χ1v) is 8.58. The molecule has 3 heterocycles. The minimum absolute atomic E-state index is 0.0891. The van der Waals surface area contributed by atoms with E-state index in [4.69, 9.17) is 9.15 Å². The number of nitrogens with zero attached hydrogens (tertiary/aromatic N) is 2. The molecule has 0 bridgehead atoms. The quantitative estimate of drug-likeness (QED) is 0.895. The number of carbonyl (C=O) groups excluding carboxylic acids is 2. The number of hydrogen-bond acceptors (Lipinski definition) is 5. The molecule has 7 heteroatoms. The highest BCUT2D eigenvalue weighted by Crippen LogP contribution is 2.31. The van der Waals surface area contributed by atoms with Gasteiger partial charge in [-0.3, -0.25) is 14.5 Å². The predicted molar refractivity (Wildman–Crippen MR) is 88.0 cm³/mol. The molecule has 2 saturated heterocycles. The second-order valence-corrected chi connectivity index (χ2v) is 6.41. The Hall–Kier alpha value is -2.02. The molecule has 2 amide bonds. The van der Waals surface area contributed by atoms with Gasteiger partial charge in [-0.25, -0.2) is 0 Å². The topological polar surface area (TPSA) is 75.0 Å². The van der Waals surface area contributed by atoms with Crippen LogP contribution in [0.2, 0.25) is 0 Å². The maximum atomic E-state index is 12.6. The summed E-state index contributed by atoms with van der Waals surface area (Å²) < 4.78 is 10.7. The van der Waals surface area contributed by atoms with E-state index in [1.165, 1.54) is 0 Å². The number of ether oxygens (including phenoxy) is 1. The van der Waals surface area contributed by atoms with Crippen molar-refractivity contribution in [1.82, 2.24) is 15.1 Å². The SMILES string of the molecule is CCOc1ccc(C(=O)N2CCC3(CC2)C(=O)NCCCN3C)o1. The molecule has 7 nitrogen and oxygen atoms in total. The Morgan fingerprint density at radius 3 is 2.79 bits per heavy atom. The van der Waals surface area contributed by atoms with Crippen LogP contribution in [0.5, 0.6) is 5.95 Å².